The van der Waals surface area contributed by atoms with Gasteiger partial charge in [0.15, 0.2) is 0 Å². The van der Waals surface area contributed by atoms with Crippen LogP contribution in [0.3, 0.4) is 0 Å². The first-order valence-corrected chi connectivity index (χ1v) is 15.0. The number of hydrogen-bond donors (Lipinski definition) is 2. The van der Waals surface area contributed by atoms with Crippen LogP contribution >= 0.6 is 0 Å². The average Bonchev–Trinajstić information content (AvgIpc) is 3.02. The highest BCUT2D eigenvalue weighted by Crippen LogP contribution is 2.20. The Morgan fingerprint density at radius 1 is 0.756 bits per heavy atom. The molecule has 0 spiro atoms. The van der Waals surface area contributed by atoms with Gasteiger partial charge in [0.2, 0.25) is 5.91 Å². The number of benzene rings is 3. The van der Waals surface area contributed by atoms with Crippen LogP contribution in [0, 0.1) is 0 Å². The molecule has 0 saturated carbocycles. The third-order valence-corrected chi connectivity index (χ3v) is 6.72. The Morgan fingerprint density at radius 2 is 1.33 bits per heavy atom. The first kappa shape index (κ1) is 34.8. The second-order valence-electron chi connectivity index (χ2n) is 11.6. The van der Waals surface area contributed by atoms with Gasteiger partial charge in [-0.25, -0.2) is 9.59 Å². The van der Waals surface area contributed by atoms with Crippen LogP contribution in [0.15, 0.2) is 78.9 Å². The number of rotatable bonds is 15. The lowest BCUT2D eigenvalue weighted by atomic mass is 10.1. The molecule has 0 heterocycles. The summed E-state index contributed by atoms with van der Waals surface area (Å²) in [4.78, 5) is 40.8. The second-order valence-corrected chi connectivity index (χ2v) is 11.6. The average molecular weight is 620 g/mol. The summed E-state index contributed by atoms with van der Waals surface area (Å²) in [6, 6.07) is 23.7. The lowest BCUT2D eigenvalue weighted by molar-refractivity contribution is -0.135. The van der Waals surface area contributed by atoms with Gasteiger partial charge in [0, 0.05) is 19.6 Å². The van der Waals surface area contributed by atoms with E-state index in [0.717, 1.165) is 16.7 Å². The van der Waals surface area contributed by atoms with Crippen molar-refractivity contribution >= 4 is 18.1 Å². The smallest absolute Gasteiger partial charge is 0.408 e. The summed E-state index contributed by atoms with van der Waals surface area (Å²) in [5, 5.41) is 5.52. The van der Waals surface area contributed by atoms with E-state index in [2.05, 4.69) is 10.6 Å². The minimum absolute atomic E-state index is 0.172. The second kappa shape index (κ2) is 17.5. The van der Waals surface area contributed by atoms with Crippen molar-refractivity contribution < 1.29 is 33.3 Å². The minimum atomic E-state index is -0.872. The Balaban J connectivity index is 1.70. The summed E-state index contributed by atoms with van der Waals surface area (Å²) in [5.74, 6) is 1.09. The molecule has 3 amide bonds. The molecule has 0 aliphatic carbocycles. The molecule has 45 heavy (non-hydrogen) atoms. The number of amides is 3. The maximum absolute atomic E-state index is 14.2. The topological polar surface area (TPSA) is 115 Å². The predicted molar refractivity (Wildman–Crippen MR) is 172 cm³/mol. The molecule has 0 bridgehead atoms. The van der Waals surface area contributed by atoms with Crippen LogP contribution in [0.25, 0.3) is 0 Å². The van der Waals surface area contributed by atoms with Gasteiger partial charge in [0.25, 0.3) is 0 Å². The van der Waals surface area contributed by atoms with E-state index in [1.54, 1.807) is 39.9 Å². The van der Waals surface area contributed by atoms with E-state index in [1.807, 2.05) is 78.9 Å². The highest BCUT2D eigenvalue weighted by molar-refractivity contribution is 5.85. The summed E-state index contributed by atoms with van der Waals surface area (Å²) in [6.45, 7) is 6.40. The van der Waals surface area contributed by atoms with Crippen LogP contribution in [-0.4, -0.2) is 55.5 Å². The first-order valence-electron chi connectivity index (χ1n) is 15.0. The molecule has 0 aromatic heterocycles. The number of unbranched alkanes of at least 4 members (excludes halogenated alkanes) is 1. The number of carbonyl (C=O) groups excluding carboxylic acids is 3. The van der Waals surface area contributed by atoms with E-state index in [1.165, 1.54) is 0 Å². The number of nitrogens with one attached hydrogen (secondary N) is 2. The maximum atomic E-state index is 14.2. The fourth-order valence-electron chi connectivity index (χ4n) is 4.56. The third-order valence-electron chi connectivity index (χ3n) is 6.72. The molecular weight excluding hydrogens is 574 g/mol. The molecule has 10 nitrogen and oxygen atoms in total. The largest absolute Gasteiger partial charge is 0.497 e. The Labute approximate surface area is 266 Å². The molecule has 0 aliphatic rings. The fourth-order valence-corrected chi connectivity index (χ4v) is 4.56. The van der Waals surface area contributed by atoms with Crippen molar-refractivity contribution in [3.05, 3.63) is 95.6 Å². The van der Waals surface area contributed by atoms with Gasteiger partial charge in [-0.3, -0.25) is 4.79 Å². The van der Waals surface area contributed by atoms with Gasteiger partial charge in [-0.05, 0) is 81.0 Å². The lowest BCUT2D eigenvalue weighted by Crippen LogP contribution is -2.49. The molecule has 0 aliphatic heterocycles. The SMILES string of the molecule is COc1cccc(CN(Cc2cccc(OC)c2)C(=O)[C@@H](CCCCOC(=O)NCc2ccccc2)NC(=O)OC(C)(C)C)c1. The molecule has 3 aromatic carbocycles. The van der Waals surface area contributed by atoms with E-state index < -0.39 is 23.8 Å². The van der Waals surface area contributed by atoms with Gasteiger partial charge in [-0.15, -0.1) is 0 Å². The van der Waals surface area contributed by atoms with E-state index in [-0.39, 0.29) is 25.6 Å². The molecule has 2 N–H and O–H groups in total. The van der Waals surface area contributed by atoms with Crippen molar-refractivity contribution in [3.8, 4) is 11.5 Å². The molecule has 10 heteroatoms. The Kier molecular flexibility index (Phi) is 13.5. The van der Waals surface area contributed by atoms with Crippen LogP contribution < -0.4 is 20.1 Å². The molecule has 0 saturated heterocycles. The van der Waals surface area contributed by atoms with Gasteiger partial charge in [-0.2, -0.15) is 0 Å². The highest BCUT2D eigenvalue weighted by atomic mass is 16.6. The van der Waals surface area contributed by atoms with E-state index in [9.17, 15) is 14.4 Å². The molecular formula is C35H45N3O7. The van der Waals surface area contributed by atoms with Crippen LogP contribution in [0.1, 0.15) is 56.7 Å². The Bertz CT molecular complexity index is 1330. The summed E-state index contributed by atoms with van der Waals surface area (Å²) >= 11 is 0. The Morgan fingerprint density at radius 3 is 1.89 bits per heavy atom. The number of hydrogen-bond acceptors (Lipinski definition) is 7. The molecule has 242 valence electrons. The summed E-state index contributed by atoms with van der Waals surface area (Å²) < 4.78 is 21.6. The molecule has 3 aromatic rings. The number of ether oxygens (including phenoxy) is 4. The highest BCUT2D eigenvalue weighted by Gasteiger charge is 2.28. The van der Waals surface area contributed by atoms with Crippen LogP contribution in [0.5, 0.6) is 11.5 Å². The Hall–Kier alpha value is -4.73. The van der Waals surface area contributed by atoms with Crippen LogP contribution in [0.4, 0.5) is 9.59 Å². The van der Waals surface area contributed by atoms with Crippen molar-refractivity contribution in [3.63, 3.8) is 0 Å². The van der Waals surface area contributed by atoms with Gasteiger partial charge in [0.05, 0.1) is 20.8 Å². The van der Waals surface area contributed by atoms with Crippen LogP contribution in [0.2, 0.25) is 0 Å². The first-order chi connectivity index (χ1) is 21.6. The number of alkyl carbamates (subject to hydrolysis) is 2. The van der Waals surface area contributed by atoms with Gasteiger partial charge in [-0.1, -0.05) is 54.6 Å². The third kappa shape index (κ3) is 12.8. The quantitative estimate of drug-likeness (QED) is 0.194. The van der Waals surface area contributed by atoms with Crippen molar-refractivity contribution in [2.24, 2.45) is 0 Å². The molecule has 3 rings (SSSR count). The predicted octanol–water partition coefficient (Wildman–Crippen LogP) is 6.22. The van der Waals surface area contributed by atoms with E-state index in [0.29, 0.717) is 37.3 Å². The summed E-state index contributed by atoms with van der Waals surface area (Å²) in [7, 11) is 3.19. The summed E-state index contributed by atoms with van der Waals surface area (Å²) in [6.07, 6.45) is 0.148. The molecule has 0 fully saturated rings. The number of nitrogens with zero attached hydrogens (tertiary/aromatic N) is 1. The summed E-state index contributed by atoms with van der Waals surface area (Å²) in [5.41, 5.74) is 1.98. The van der Waals surface area contributed by atoms with Gasteiger partial charge < -0.3 is 34.5 Å². The molecule has 0 unspecified atom stereocenters. The van der Waals surface area contributed by atoms with Crippen molar-refractivity contribution in [1.82, 2.24) is 15.5 Å². The normalized spacial score (nSPS) is 11.6. The maximum Gasteiger partial charge on any atom is 0.408 e. The number of methoxy groups -OCH3 is 2. The molecule has 1 atom stereocenters. The van der Waals surface area contributed by atoms with Crippen molar-refractivity contribution in [2.75, 3.05) is 20.8 Å². The number of carbonyl (C=O) groups is 3. The van der Waals surface area contributed by atoms with Crippen molar-refractivity contribution in [1.29, 1.82) is 0 Å². The van der Waals surface area contributed by atoms with Gasteiger partial charge in [0.1, 0.15) is 23.1 Å². The monoisotopic (exact) mass is 619 g/mol. The van der Waals surface area contributed by atoms with Crippen LogP contribution in [-0.2, 0) is 33.9 Å². The lowest BCUT2D eigenvalue weighted by Gasteiger charge is -2.29. The fraction of sp³-hybridized carbons (Fsp3) is 0.400. The standard InChI is InChI=1S/C35H45N3O7/c1-35(2,3)45-34(41)37-31(19-9-10-20-44-33(40)36-23-26-13-7-6-8-14-26)32(39)38(24-27-15-11-17-29(21-27)42-4)25-28-16-12-18-30(22-28)43-5/h6-8,11-18,21-22,31H,9-10,19-20,23-25H2,1-5H3,(H,36,40)(H,37,41)/t31-/m1/s1. The molecule has 0 radical (unpaired) electrons. The minimum Gasteiger partial charge on any atom is -0.497 e. The zero-order valence-electron chi connectivity index (χ0n) is 26.8. The zero-order chi connectivity index (χ0) is 32.7. The zero-order valence-corrected chi connectivity index (χ0v) is 26.8. The van der Waals surface area contributed by atoms with Crippen molar-refractivity contribution in [2.45, 2.75) is 71.3 Å². The van der Waals surface area contributed by atoms with E-state index in [4.69, 9.17) is 18.9 Å². The van der Waals surface area contributed by atoms with E-state index >= 15 is 0 Å². The van der Waals surface area contributed by atoms with Gasteiger partial charge >= 0.3 is 12.2 Å².